The molecule has 0 N–H and O–H groups in total. The monoisotopic (exact) mass is 447 g/mol. The molecule has 7 heteroatoms. The number of rotatable bonds is 6. The van der Waals surface area contributed by atoms with Gasteiger partial charge in [-0.05, 0) is 42.2 Å². The molecule has 0 amide bonds. The molecule has 3 aromatic carbocycles. The molecule has 0 saturated carbocycles. The van der Waals surface area contributed by atoms with Gasteiger partial charge in [-0.1, -0.05) is 89.1 Å². The van der Waals surface area contributed by atoms with Gasteiger partial charge in [0.1, 0.15) is 5.82 Å². The maximum absolute atomic E-state index is 13.8. The van der Waals surface area contributed by atoms with Crippen LogP contribution in [0, 0.1) is 29.8 Å². The van der Waals surface area contributed by atoms with Crippen LogP contribution in [0.3, 0.4) is 0 Å². The van der Waals surface area contributed by atoms with Crippen molar-refractivity contribution < 1.29 is 9.31 Å². The minimum atomic E-state index is -2.67. The van der Waals surface area contributed by atoms with E-state index in [4.69, 9.17) is 23.4 Å². The summed E-state index contributed by atoms with van der Waals surface area (Å²) in [6, 6.07) is 17.3. The summed E-state index contributed by atoms with van der Waals surface area (Å²) in [5, 5.41) is 13.3. The van der Waals surface area contributed by atoms with Crippen molar-refractivity contribution in [1.82, 2.24) is 0 Å². The molecule has 1 atom stereocenters. The zero-order chi connectivity index (χ0) is 21.2. The van der Waals surface area contributed by atoms with E-state index in [-0.39, 0.29) is 16.5 Å². The fraction of sp³-hybridized carbons (Fsp3) is 0.182. The summed E-state index contributed by atoms with van der Waals surface area (Å²) < 4.78 is 13.8. The Labute approximate surface area is 179 Å². The van der Waals surface area contributed by atoms with E-state index in [1.165, 1.54) is 12.1 Å². The third-order valence-corrected chi connectivity index (χ3v) is 10.7. The largest absolute Gasteiger partial charge is 0.265 e. The molecular weight excluding hydrogens is 428 g/mol. The van der Waals surface area contributed by atoms with Crippen molar-refractivity contribution in [2.75, 3.05) is 6.54 Å². The van der Waals surface area contributed by atoms with Crippen LogP contribution in [-0.2, 0) is 11.8 Å². The Morgan fingerprint density at radius 1 is 1.00 bits per heavy atom. The Balaban J connectivity index is 2.29. The van der Waals surface area contributed by atoms with Crippen LogP contribution in [0.4, 0.5) is 4.39 Å². The van der Waals surface area contributed by atoms with Gasteiger partial charge in [0.15, 0.2) is 0 Å². The van der Waals surface area contributed by atoms with Crippen molar-refractivity contribution in [3.8, 4) is 0 Å². The number of hydrogen-bond acceptors (Lipinski definition) is 3. The Morgan fingerprint density at radius 3 is 1.90 bits per heavy atom. The second kappa shape index (κ2) is 8.74. The molecule has 150 valence electrons. The van der Waals surface area contributed by atoms with Crippen LogP contribution in [0.5, 0.6) is 0 Å². The standard InChI is InChI=1S/C22H20ClFNO2PS/c1-15-3-8-18(9-4-15)28(29,19-10-5-16(2)6-11-19)22(14-25(26)27)17-7-12-21(24)20(23)13-17/h3-13,22H,14H2,1-2H3/t22-/m0/s1. The molecule has 0 aliphatic rings. The molecule has 3 rings (SSSR count). The van der Waals surface area contributed by atoms with Gasteiger partial charge < -0.3 is 0 Å². The van der Waals surface area contributed by atoms with Gasteiger partial charge in [-0.15, -0.1) is 0 Å². The minimum absolute atomic E-state index is 0.0646. The molecule has 29 heavy (non-hydrogen) atoms. The average Bonchev–Trinajstić information content (AvgIpc) is 2.69. The zero-order valence-corrected chi connectivity index (χ0v) is 18.5. The summed E-state index contributed by atoms with van der Waals surface area (Å²) in [6.07, 6.45) is 0. The highest BCUT2D eigenvalue weighted by molar-refractivity contribution is 8.22. The average molecular weight is 448 g/mol. The first kappa shape index (κ1) is 21.6. The molecule has 0 radical (unpaired) electrons. The van der Waals surface area contributed by atoms with Gasteiger partial charge in [0.25, 0.3) is 0 Å². The molecule has 0 aliphatic heterocycles. The number of halogens is 2. The van der Waals surface area contributed by atoms with Crippen LogP contribution < -0.4 is 10.6 Å². The van der Waals surface area contributed by atoms with E-state index in [1.54, 1.807) is 6.07 Å². The molecule has 0 fully saturated rings. The SMILES string of the molecule is Cc1ccc(P(=S)(c2ccc(C)cc2)[C@@H](C[N+](=O)[O-])c2ccc(F)c(Cl)c2)cc1. The van der Waals surface area contributed by atoms with Crippen molar-refractivity contribution in [3.63, 3.8) is 0 Å². The van der Waals surface area contributed by atoms with Gasteiger partial charge in [-0.3, -0.25) is 10.1 Å². The van der Waals surface area contributed by atoms with E-state index in [2.05, 4.69) is 0 Å². The lowest BCUT2D eigenvalue weighted by Crippen LogP contribution is -2.25. The second-order valence-electron chi connectivity index (χ2n) is 7.03. The lowest BCUT2D eigenvalue weighted by molar-refractivity contribution is -0.479. The normalized spacial score (nSPS) is 12.6. The molecule has 0 aliphatic carbocycles. The number of nitrogens with zero attached hydrogens (tertiary/aromatic N) is 1. The van der Waals surface area contributed by atoms with Crippen LogP contribution >= 0.6 is 17.6 Å². The van der Waals surface area contributed by atoms with Crippen LogP contribution in [-0.4, -0.2) is 11.5 Å². The van der Waals surface area contributed by atoms with Crippen LogP contribution in [0.15, 0.2) is 66.7 Å². The van der Waals surface area contributed by atoms with E-state index >= 15 is 0 Å². The zero-order valence-electron chi connectivity index (χ0n) is 16.0. The van der Waals surface area contributed by atoms with Gasteiger partial charge in [-0.25, -0.2) is 4.39 Å². The number of aryl methyl sites for hydroxylation is 2. The summed E-state index contributed by atoms with van der Waals surface area (Å²) >= 11 is 12.3. The first-order chi connectivity index (χ1) is 13.7. The van der Waals surface area contributed by atoms with Crippen molar-refractivity contribution in [2.24, 2.45) is 0 Å². The molecule has 0 aromatic heterocycles. The smallest absolute Gasteiger partial charge is 0.215 e. The summed E-state index contributed by atoms with van der Waals surface area (Å²) in [7, 11) is 0. The van der Waals surface area contributed by atoms with Crippen LogP contribution in [0.1, 0.15) is 22.3 Å². The fourth-order valence-corrected chi connectivity index (χ4v) is 7.96. The molecular formula is C22H20ClFNO2PS. The Morgan fingerprint density at radius 2 is 1.48 bits per heavy atom. The predicted octanol–water partition coefficient (Wildman–Crippen LogP) is 5.54. The van der Waals surface area contributed by atoms with Crippen molar-refractivity contribution in [3.05, 3.63) is 104 Å². The molecule has 3 aromatic rings. The van der Waals surface area contributed by atoms with Crippen molar-refractivity contribution >= 4 is 40.1 Å². The number of nitro groups is 1. The molecule has 0 bridgehead atoms. The third-order valence-electron chi connectivity index (χ3n) is 4.92. The van der Waals surface area contributed by atoms with Gasteiger partial charge in [0, 0.05) is 11.0 Å². The first-order valence-corrected chi connectivity index (χ1v) is 12.3. The van der Waals surface area contributed by atoms with Crippen molar-refractivity contribution in [1.29, 1.82) is 0 Å². The highest BCUT2D eigenvalue weighted by Crippen LogP contribution is 2.57. The number of hydrogen-bond donors (Lipinski definition) is 0. The molecule has 3 nitrogen and oxygen atoms in total. The fourth-order valence-electron chi connectivity index (χ4n) is 3.33. The van der Waals surface area contributed by atoms with Gasteiger partial charge in [0.2, 0.25) is 6.54 Å². The molecule has 0 unspecified atom stereocenters. The Hall–Kier alpha value is -2.07. The third kappa shape index (κ3) is 4.58. The molecule has 0 spiro atoms. The van der Waals surface area contributed by atoms with Crippen LogP contribution in [0.25, 0.3) is 0 Å². The second-order valence-corrected chi connectivity index (χ2v) is 12.1. The quantitative estimate of drug-likeness (QED) is 0.283. The topological polar surface area (TPSA) is 43.1 Å². The van der Waals surface area contributed by atoms with Gasteiger partial charge in [-0.2, -0.15) is 0 Å². The summed E-state index contributed by atoms with van der Waals surface area (Å²) in [5.74, 6) is -0.561. The van der Waals surface area contributed by atoms with Crippen molar-refractivity contribution in [2.45, 2.75) is 19.5 Å². The number of benzene rings is 3. The van der Waals surface area contributed by atoms with E-state index in [0.29, 0.717) is 5.56 Å². The lowest BCUT2D eigenvalue weighted by Gasteiger charge is -2.31. The molecule has 0 heterocycles. The maximum Gasteiger partial charge on any atom is 0.215 e. The molecule has 0 saturated heterocycles. The predicted molar refractivity (Wildman–Crippen MR) is 122 cm³/mol. The van der Waals surface area contributed by atoms with E-state index in [0.717, 1.165) is 21.7 Å². The first-order valence-electron chi connectivity index (χ1n) is 9.03. The minimum Gasteiger partial charge on any atom is -0.265 e. The van der Waals surface area contributed by atoms with E-state index in [9.17, 15) is 14.5 Å². The Bertz CT molecular complexity index is 1040. The van der Waals surface area contributed by atoms with Gasteiger partial charge >= 0.3 is 0 Å². The lowest BCUT2D eigenvalue weighted by atomic mass is 10.1. The maximum atomic E-state index is 13.8. The van der Waals surface area contributed by atoms with E-state index in [1.807, 2.05) is 62.4 Å². The van der Waals surface area contributed by atoms with E-state index < -0.39 is 17.5 Å². The highest BCUT2D eigenvalue weighted by atomic mass is 35.5. The van der Waals surface area contributed by atoms with Crippen LogP contribution in [0.2, 0.25) is 5.02 Å². The summed E-state index contributed by atoms with van der Waals surface area (Å²) in [5.41, 5.74) is 2.12. The van der Waals surface area contributed by atoms with Gasteiger partial charge in [0.05, 0.1) is 10.7 Å². The highest BCUT2D eigenvalue weighted by Gasteiger charge is 2.37. The Kier molecular flexibility index (Phi) is 6.52. The summed E-state index contributed by atoms with van der Waals surface area (Å²) in [4.78, 5) is 11.3. The summed E-state index contributed by atoms with van der Waals surface area (Å²) in [6.45, 7) is 3.60.